The second-order valence-corrected chi connectivity index (χ2v) is 5.58. The maximum atomic E-state index is 9.04. The first-order valence-corrected chi connectivity index (χ1v) is 6.83. The molecule has 1 fully saturated rings. The third kappa shape index (κ3) is 3.73. The number of ether oxygens (including phenoxy) is 1. The van der Waals surface area contributed by atoms with Gasteiger partial charge in [0, 0.05) is 13.2 Å². The van der Waals surface area contributed by atoms with Gasteiger partial charge in [0.15, 0.2) is 0 Å². The Morgan fingerprint density at radius 1 is 1.47 bits per heavy atom. The molecule has 0 aromatic carbocycles. The monoisotopic (exact) mass is 265 g/mol. The topological polar surface area (TPSA) is 80.4 Å². The Hall–Kier alpha value is -1.49. The molecule has 0 unspecified atom stereocenters. The number of aromatic nitrogens is 1. The highest BCUT2D eigenvalue weighted by Gasteiger charge is 2.41. The van der Waals surface area contributed by atoms with Gasteiger partial charge in [-0.1, -0.05) is 0 Å². The van der Waals surface area contributed by atoms with Crippen LogP contribution in [0, 0.1) is 5.41 Å². The molecule has 0 bridgehead atoms. The van der Waals surface area contributed by atoms with Gasteiger partial charge < -0.3 is 20.9 Å². The summed E-state index contributed by atoms with van der Waals surface area (Å²) in [5.41, 5.74) is 6.64. The number of rotatable bonds is 7. The van der Waals surface area contributed by atoms with Crippen molar-refractivity contribution in [2.75, 3.05) is 24.2 Å². The lowest BCUT2D eigenvalue weighted by molar-refractivity contribution is 0.234. The molecule has 2 rings (SSSR count). The number of nitrogens with zero attached hydrogens (tertiary/aromatic N) is 1. The highest BCUT2D eigenvalue weighted by atomic mass is 16.5. The van der Waals surface area contributed by atoms with E-state index in [1.54, 1.807) is 6.07 Å². The summed E-state index contributed by atoms with van der Waals surface area (Å²) in [6, 6.07) is 3.66. The van der Waals surface area contributed by atoms with Crippen LogP contribution in [0.5, 0.6) is 5.88 Å². The minimum Gasteiger partial charge on any atom is -0.473 e. The summed E-state index contributed by atoms with van der Waals surface area (Å²) in [7, 11) is 0. The molecule has 1 aromatic heterocycles. The maximum absolute atomic E-state index is 9.04. The van der Waals surface area contributed by atoms with Gasteiger partial charge in [-0.25, -0.2) is 0 Å². The van der Waals surface area contributed by atoms with Crippen molar-refractivity contribution >= 4 is 11.5 Å². The van der Waals surface area contributed by atoms with Crippen molar-refractivity contribution in [3.63, 3.8) is 0 Å². The molecule has 1 aromatic rings. The molecule has 4 N–H and O–H groups in total. The Morgan fingerprint density at radius 3 is 2.79 bits per heavy atom. The van der Waals surface area contributed by atoms with E-state index in [-0.39, 0.29) is 18.1 Å². The standard InChI is InChI=1S/C14H23N3O2/c1-10(2)19-13-11(15)3-4-12(17-13)16-9-14(5-6-14)7-8-18/h3-4,10,18H,5-9,15H2,1-2H3,(H,16,17). The third-order valence-corrected chi connectivity index (χ3v) is 3.48. The predicted octanol–water partition coefficient (Wildman–Crippen LogP) is 2.03. The lowest BCUT2D eigenvalue weighted by Crippen LogP contribution is -2.18. The Kier molecular flexibility index (Phi) is 4.14. The van der Waals surface area contributed by atoms with Crippen LogP contribution in [0.15, 0.2) is 12.1 Å². The number of aliphatic hydroxyl groups excluding tert-OH is 1. The number of hydrogen-bond donors (Lipinski definition) is 3. The van der Waals surface area contributed by atoms with Crippen molar-refractivity contribution in [2.45, 2.75) is 39.2 Å². The maximum Gasteiger partial charge on any atom is 0.239 e. The summed E-state index contributed by atoms with van der Waals surface area (Å²) in [5, 5.41) is 12.4. The molecular weight excluding hydrogens is 242 g/mol. The van der Waals surface area contributed by atoms with Crippen LogP contribution in [0.1, 0.15) is 33.1 Å². The lowest BCUT2D eigenvalue weighted by atomic mass is 10.0. The van der Waals surface area contributed by atoms with Crippen LogP contribution in [0.2, 0.25) is 0 Å². The quantitative estimate of drug-likeness (QED) is 0.703. The van der Waals surface area contributed by atoms with Crippen molar-refractivity contribution in [2.24, 2.45) is 5.41 Å². The molecule has 1 heterocycles. The van der Waals surface area contributed by atoms with E-state index in [2.05, 4.69) is 10.3 Å². The van der Waals surface area contributed by atoms with Crippen molar-refractivity contribution in [1.82, 2.24) is 4.98 Å². The molecule has 1 aliphatic rings. The van der Waals surface area contributed by atoms with Gasteiger partial charge in [0.2, 0.25) is 5.88 Å². The zero-order chi connectivity index (χ0) is 13.9. The Balaban J connectivity index is 1.97. The SMILES string of the molecule is CC(C)Oc1nc(NCC2(CCO)CC2)ccc1N. The van der Waals surface area contributed by atoms with E-state index in [1.807, 2.05) is 19.9 Å². The molecule has 0 radical (unpaired) electrons. The van der Waals surface area contributed by atoms with Crippen LogP contribution in [0.4, 0.5) is 11.5 Å². The van der Waals surface area contributed by atoms with Crippen LogP contribution in [0.3, 0.4) is 0 Å². The minimum atomic E-state index is 0.0502. The number of pyridine rings is 1. The van der Waals surface area contributed by atoms with E-state index in [1.165, 1.54) is 12.8 Å². The predicted molar refractivity (Wildman–Crippen MR) is 76.3 cm³/mol. The number of anilines is 2. The van der Waals surface area contributed by atoms with Crippen LogP contribution >= 0.6 is 0 Å². The largest absolute Gasteiger partial charge is 0.473 e. The van der Waals surface area contributed by atoms with Gasteiger partial charge in [0.25, 0.3) is 0 Å². The van der Waals surface area contributed by atoms with Gasteiger partial charge >= 0.3 is 0 Å². The highest BCUT2D eigenvalue weighted by molar-refractivity contribution is 5.53. The molecule has 0 amide bonds. The van der Waals surface area contributed by atoms with Crippen LogP contribution in [-0.2, 0) is 0 Å². The summed E-state index contributed by atoms with van der Waals surface area (Å²) in [4.78, 5) is 4.38. The van der Waals surface area contributed by atoms with Gasteiger partial charge in [-0.3, -0.25) is 0 Å². The van der Waals surface area contributed by atoms with E-state index >= 15 is 0 Å². The fourth-order valence-corrected chi connectivity index (χ4v) is 2.07. The van der Waals surface area contributed by atoms with Crippen molar-refractivity contribution < 1.29 is 9.84 Å². The molecule has 0 atom stereocenters. The second-order valence-electron chi connectivity index (χ2n) is 5.58. The smallest absolute Gasteiger partial charge is 0.239 e. The molecule has 1 aliphatic carbocycles. The molecule has 19 heavy (non-hydrogen) atoms. The molecule has 1 saturated carbocycles. The molecule has 5 heteroatoms. The summed E-state index contributed by atoms with van der Waals surface area (Å²) in [5.74, 6) is 1.25. The first-order valence-electron chi connectivity index (χ1n) is 6.83. The van der Waals surface area contributed by atoms with Crippen LogP contribution < -0.4 is 15.8 Å². The normalized spacial score (nSPS) is 16.4. The van der Waals surface area contributed by atoms with Crippen LogP contribution in [-0.4, -0.2) is 29.3 Å². The van der Waals surface area contributed by atoms with Gasteiger partial charge in [0.05, 0.1) is 11.8 Å². The van der Waals surface area contributed by atoms with E-state index in [0.29, 0.717) is 11.6 Å². The van der Waals surface area contributed by atoms with Crippen molar-refractivity contribution in [3.05, 3.63) is 12.1 Å². The third-order valence-electron chi connectivity index (χ3n) is 3.48. The fourth-order valence-electron chi connectivity index (χ4n) is 2.07. The average molecular weight is 265 g/mol. The summed E-state index contributed by atoms with van der Waals surface area (Å²) in [6.07, 6.45) is 3.24. The zero-order valence-corrected chi connectivity index (χ0v) is 11.6. The van der Waals surface area contributed by atoms with Gasteiger partial charge in [-0.05, 0) is 50.7 Å². The number of nitrogens with one attached hydrogen (secondary N) is 1. The molecule has 5 nitrogen and oxygen atoms in total. The Labute approximate surface area is 114 Å². The highest BCUT2D eigenvalue weighted by Crippen LogP contribution is 2.48. The molecule has 0 saturated heterocycles. The van der Waals surface area contributed by atoms with Gasteiger partial charge in [0.1, 0.15) is 5.82 Å². The van der Waals surface area contributed by atoms with Gasteiger partial charge in [-0.2, -0.15) is 4.98 Å². The molecule has 106 valence electrons. The average Bonchev–Trinajstić information content (AvgIpc) is 3.10. The second kappa shape index (κ2) is 5.65. The van der Waals surface area contributed by atoms with E-state index in [0.717, 1.165) is 18.8 Å². The van der Waals surface area contributed by atoms with Gasteiger partial charge in [-0.15, -0.1) is 0 Å². The molecule has 0 aliphatic heterocycles. The van der Waals surface area contributed by atoms with E-state index in [4.69, 9.17) is 15.6 Å². The minimum absolute atomic E-state index is 0.0502. The van der Waals surface area contributed by atoms with E-state index < -0.39 is 0 Å². The number of hydrogen-bond acceptors (Lipinski definition) is 5. The fraction of sp³-hybridized carbons (Fsp3) is 0.643. The summed E-state index contributed by atoms with van der Waals surface area (Å²) < 4.78 is 5.56. The first-order chi connectivity index (χ1) is 9.04. The number of nitrogen functional groups attached to an aromatic ring is 1. The van der Waals surface area contributed by atoms with Crippen molar-refractivity contribution in [1.29, 1.82) is 0 Å². The Morgan fingerprint density at radius 2 is 2.21 bits per heavy atom. The first kappa shape index (κ1) is 13.9. The molecular formula is C14H23N3O2. The number of aliphatic hydroxyl groups is 1. The molecule has 0 spiro atoms. The zero-order valence-electron chi connectivity index (χ0n) is 11.6. The summed E-state index contributed by atoms with van der Waals surface area (Å²) >= 11 is 0. The van der Waals surface area contributed by atoms with Crippen LogP contribution in [0.25, 0.3) is 0 Å². The lowest BCUT2D eigenvalue weighted by Gasteiger charge is -2.16. The Bertz CT molecular complexity index is 431. The van der Waals surface area contributed by atoms with Crippen molar-refractivity contribution in [3.8, 4) is 5.88 Å². The van der Waals surface area contributed by atoms with E-state index in [9.17, 15) is 0 Å². The number of nitrogens with two attached hydrogens (primary N) is 1. The summed E-state index contributed by atoms with van der Waals surface area (Å²) in [6.45, 7) is 4.98.